The maximum Gasteiger partial charge on any atom is 0.407 e. The summed E-state index contributed by atoms with van der Waals surface area (Å²) in [4.78, 5) is 20.8. The molecule has 30 heavy (non-hydrogen) atoms. The molecule has 160 valence electrons. The number of alkyl carbamates (subject to hydrolysis) is 1. The molecule has 0 spiro atoms. The van der Waals surface area contributed by atoms with Gasteiger partial charge in [-0.25, -0.2) is 9.78 Å². The van der Waals surface area contributed by atoms with Crippen molar-refractivity contribution < 1.29 is 9.53 Å². The molecule has 1 aromatic carbocycles. The highest BCUT2D eigenvalue weighted by Crippen LogP contribution is 2.21. The van der Waals surface area contributed by atoms with Crippen molar-refractivity contribution in [3.05, 3.63) is 41.3 Å². The Bertz CT molecular complexity index is 997. The summed E-state index contributed by atoms with van der Waals surface area (Å²) in [7, 11) is 0. The molecule has 7 nitrogen and oxygen atoms in total. The number of carbonyl (C=O) groups is 1. The van der Waals surface area contributed by atoms with Gasteiger partial charge in [0, 0.05) is 29.3 Å². The van der Waals surface area contributed by atoms with Gasteiger partial charge in [-0.05, 0) is 51.8 Å². The molecule has 3 rings (SSSR count). The van der Waals surface area contributed by atoms with Crippen LogP contribution in [0.1, 0.15) is 46.5 Å². The third kappa shape index (κ3) is 6.79. The average molecular weight is 474 g/mol. The quantitative estimate of drug-likeness (QED) is 0.446. The summed E-state index contributed by atoms with van der Waals surface area (Å²) in [5, 5.41) is 7.24. The molecule has 0 unspecified atom stereocenters. The highest BCUT2D eigenvalue weighted by atomic mass is 79.9. The number of nitrogens with zero attached hydrogens (tertiary/aromatic N) is 4. The molecule has 1 amide bonds. The molecule has 0 aliphatic heterocycles. The molecule has 0 bridgehead atoms. The molecule has 0 saturated carbocycles. The summed E-state index contributed by atoms with van der Waals surface area (Å²) < 4.78 is 8.15. The summed E-state index contributed by atoms with van der Waals surface area (Å²) in [6.07, 6.45) is 9.38. The lowest BCUT2D eigenvalue weighted by molar-refractivity contribution is 0.0527. The number of hydrogen-bond donors (Lipinski definition) is 1. The number of amides is 1. The van der Waals surface area contributed by atoms with Crippen LogP contribution in [0.5, 0.6) is 0 Å². The van der Waals surface area contributed by atoms with Crippen LogP contribution in [0.15, 0.2) is 41.3 Å². The van der Waals surface area contributed by atoms with Crippen molar-refractivity contribution >= 4 is 33.1 Å². The van der Waals surface area contributed by atoms with E-state index in [1.165, 1.54) is 0 Å². The number of ether oxygens (including phenoxy) is 1. The molecule has 0 aliphatic rings. The lowest BCUT2D eigenvalue weighted by Gasteiger charge is -2.19. The van der Waals surface area contributed by atoms with E-state index in [1.54, 1.807) is 6.20 Å². The van der Waals surface area contributed by atoms with Crippen molar-refractivity contribution in [2.24, 2.45) is 0 Å². The summed E-state index contributed by atoms with van der Waals surface area (Å²) >= 11 is 3.48. The second-order valence-corrected chi connectivity index (χ2v) is 9.14. The Hall–Kier alpha value is -2.48. The van der Waals surface area contributed by atoms with Crippen molar-refractivity contribution in [2.45, 2.75) is 58.6 Å². The monoisotopic (exact) mass is 473 g/mol. The fraction of sp³-hybridized carbons (Fsp3) is 0.455. The maximum absolute atomic E-state index is 11.6. The highest BCUT2D eigenvalue weighted by molar-refractivity contribution is 9.10. The second kappa shape index (κ2) is 10.0. The van der Waals surface area contributed by atoms with Gasteiger partial charge in [-0.1, -0.05) is 28.8 Å². The molecule has 0 fully saturated rings. The van der Waals surface area contributed by atoms with Crippen LogP contribution in [0, 0.1) is 0 Å². The Balaban J connectivity index is 1.39. The normalized spacial score (nSPS) is 11.6. The Morgan fingerprint density at radius 2 is 1.93 bits per heavy atom. The van der Waals surface area contributed by atoms with Gasteiger partial charge < -0.3 is 10.1 Å². The summed E-state index contributed by atoms with van der Waals surface area (Å²) in [5.41, 5.74) is 3.05. The van der Waals surface area contributed by atoms with Crippen LogP contribution >= 0.6 is 15.9 Å². The van der Waals surface area contributed by atoms with Crippen LogP contribution in [0.4, 0.5) is 4.79 Å². The third-order valence-electron chi connectivity index (χ3n) is 4.42. The Morgan fingerprint density at radius 3 is 2.73 bits per heavy atom. The largest absolute Gasteiger partial charge is 0.444 e. The number of benzene rings is 1. The SMILES string of the molecule is CC(C)(C)OC(=O)NCCCCCCn1cc(-c2cnc3ccc(Br)cc3n2)cn1. The van der Waals surface area contributed by atoms with E-state index in [1.807, 2.05) is 56.0 Å². The Labute approximate surface area is 185 Å². The second-order valence-electron chi connectivity index (χ2n) is 8.22. The predicted octanol–water partition coefficient (Wildman–Crippen LogP) is 5.34. The first-order chi connectivity index (χ1) is 14.3. The van der Waals surface area contributed by atoms with E-state index in [0.29, 0.717) is 6.54 Å². The number of hydrogen-bond acceptors (Lipinski definition) is 5. The summed E-state index contributed by atoms with van der Waals surface area (Å²) in [6, 6.07) is 5.87. The van der Waals surface area contributed by atoms with Gasteiger partial charge in [0.15, 0.2) is 0 Å². The van der Waals surface area contributed by atoms with Gasteiger partial charge in [-0.15, -0.1) is 0 Å². The lowest BCUT2D eigenvalue weighted by atomic mass is 10.2. The summed E-state index contributed by atoms with van der Waals surface area (Å²) in [6.45, 7) is 7.07. The van der Waals surface area contributed by atoms with Gasteiger partial charge >= 0.3 is 6.09 Å². The number of aromatic nitrogens is 4. The first kappa shape index (κ1) is 22.2. The zero-order valence-electron chi connectivity index (χ0n) is 17.7. The molecule has 0 radical (unpaired) electrons. The number of nitrogens with one attached hydrogen (secondary N) is 1. The van der Waals surface area contributed by atoms with E-state index < -0.39 is 5.60 Å². The summed E-state index contributed by atoms with van der Waals surface area (Å²) in [5.74, 6) is 0. The minimum Gasteiger partial charge on any atom is -0.444 e. The topological polar surface area (TPSA) is 81.9 Å². The van der Waals surface area contributed by atoms with Crippen molar-refractivity contribution in [3.8, 4) is 11.3 Å². The number of rotatable bonds is 8. The van der Waals surface area contributed by atoms with Gasteiger partial charge in [-0.3, -0.25) is 9.67 Å². The molecular formula is C22H28BrN5O2. The maximum atomic E-state index is 11.6. The number of fused-ring (bicyclic) bond motifs is 1. The van der Waals surface area contributed by atoms with Crippen molar-refractivity contribution in [1.29, 1.82) is 0 Å². The first-order valence-electron chi connectivity index (χ1n) is 10.2. The molecule has 8 heteroatoms. The highest BCUT2D eigenvalue weighted by Gasteiger charge is 2.15. The zero-order valence-corrected chi connectivity index (χ0v) is 19.3. The minimum absolute atomic E-state index is 0.351. The molecule has 3 aromatic rings. The van der Waals surface area contributed by atoms with E-state index in [2.05, 4.69) is 31.3 Å². The van der Waals surface area contributed by atoms with Gasteiger partial charge in [0.1, 0.15) is 5.60 Å². The third-order valence-corrected chi connectivity index (χ3v) is 4.91. The number of carbonyl (C=O) groups excluding carboxylic acids is 1. The Morgan fingerprint density at radius 1 is 1.13 bits per heavy atom. The number of aryl methyl sites for hydroxylation is 1. The fourth-order valence-electron chi connectivity index (χ4n) is 3.00. The van der Waals surface area contributed by atoms with Crippen LogP contribution in [0.25, 0.3) is 22.3 Å². The van der Waals surface area contributed by atoms with E-state index in [-0.39, 0.29) is 6.09 Å². The van der Waals surface area contributed by atoms with E-state index in [9.17, 15) is 4.79 Å². The van der Waals surface area contributed by atoms with Crippen molar-refractivity contribution in [1.82, 2.24) is 25.1 Å². The first-order valence-corrected chi connectivity index (χ1v) is 11.0. The lowest BCUT2D eigenvalue weighted by Crippen LogP contribution is -2.32. The smallest absolute Gasteiger partial charge is 0.407 e. The van der Waals surface area contributed by atoms with Gasteiger partial charge in [0.25, 0.3) is 0 Å². The van der Waals surface area contributed by atoms with Crippen LogP contribution in [-0.4, -0.2) is 38.0 Å². The van der Waals surface area contributed by atoms with Crippen LogP contribution in [0.2, 0.25) is 0 Å². The molecule has 0 aliphatic carbocycles. The van der Waals surface area contributed by atoms with E-state index in [0.717, 1.165) is 59.0 Å². The van der Waals surface area contributed by atoms with Gasteiger partial charge in [-0.2, -0.15) is 5.10 Å². The van der Waals surface area contributed by atoms with Crippen LogP contribution in [0.3, 0.4) is 0 Å². The molecule has 0 saturated heterocycles. The number of halogens is 1. The van der Waals surface area contributed by atoms with Gasteiger partial charge in [0.2, 0.25) is 0 Å². The van der Waals surface area contributed by atoms with Crippen LogP contribution in [-0.2, 0) is 11.3 Å². The molecule has 2 aromatic heterocycles. The van der Waals surface area contributed by atoms with Crippen LogP contribution < -0.4 is 5.32 Å². The zero-order chi connectivity index (χ0) is 21.6. The van der Waals surface area contributed by atoms with E-state index >= 15 is 0 Å². The fourth-order valence-corrected chi connectivity index (χ4v) is 3.35. The predicted molar refractivity (Wildman–Crippen MR) is 121 cm³/mol. The Kier molecular flexibility index (Phi) is 7.42. The number of unbranched alkanes of at least 4 members (excludes halogenated alkanes) is 3. The standard InChI is InChI=1S/C22H28BrN5O2/c1-22(2,3)30-21(29)24-10-6-4-5-7-11-28-15-16(13-26-28)20-14-25-18-9-8-17(23)12-19(18)27-20/h8-9,12-15H,4-7,10-11H2,1-3H3,(H,24,29). The minimum atomic E-state index is -0.456. The molecule has 0 atom stereocenters. The van der Waals surface area contributed by atoms with Crippen molar-refractivity contribution in [3.63, 3.8) is 0 Å². The van der Waals surface area contributed by atoms with Gasteiger partial charge in [0.05, 0.1) is 29.1 Å². The molecular weight excluding hydrogens is 446 g/mol. The molecule has 1 N–H and O–H groups in total. The van der Waals surface area contributed by atoms with Crippen molar-refractivity contribution in [2.75, 3.05) is 6.54 Å². The average Bonchev–Trinajstić information content (AvgIpc) is 3.14. The van der Waals surface area contributed by atoms with E-state index in [4.69, 9.17) is 9.72 Å². The molecule has 2 heterocycles.